The Hall–Kier alpha value is -5.68. The highest BCUT2D eigenvalue weighted by molar-refractivity contribution is 6.10. The van der Waals surface area contributed by atoms with Crippen molar-refractivity contribution in [3.05, 3.63) is 119 Å². The first-order valence-electron chi connectivity index (χ1n) is 13.0. The van der Waals surface area contributed by atoms with Gasteiger partial charge in [-0.1, -0.05) is 60.2 Å². The molecule has 1 heterocycles. The van der Waals surface area contributed by atoms with E-state index in [1.54, 1.807) is 42.5 Å². The van der Waals surface area contributed by atoms with Gasteiger partial charge in [-0.05, 0) is 61.4 Å². The van der Waals surface area contributed by atoms with Crippen molar-refractivity contribution in [1.29, 1.82) is 5.26 Å². The van der Waals surface area contributed by atoms with Gasteiger partial charge in [-0.2, -0.15) is 10.4 Å². The number of hydrazone groups is 1. The fourth-order valence-corrected chi connectivity index (χ4v) is 4.41. The number of rotatable bonds is 8. The topological polar surface area (TPSA) is 117 Å². The lowest BCUT2D eigenvalue weighted by Gasteiger charge is -2.11. The summed E-state index contributed by atoms with van der Waals surface area (Å²) in [5.74, 6) is -0.313. The molecule has 4 aromatic carbocycles. The Kier molecular flexibility index (Phi) is 7.88. The highest BCUT2D eigenvalue weighted by Gasteiger charge is 2.20. The van der Waals surface area contributed by atoms with Crippen LogP contribution < -0.4 is 14.9 Å². The summed E-state index contributed by atoms with van der Waals surface area (Å²) in [4.78, 5) is 29.0. The highest BCUT2D eigenvalue weighted by atomic mass is 16.6. The zero-order valence-electron chi connectivity index (χ0n) is 22.5. The van der Waals surface area contributed by atoms with Crippen molar-refractivity contribution in [3.63, 3.8) is 0 Å². The number of hydrogen-bond donors (Lipinski definition) is 2. The fraction of sp³-hybridized carbons (Fsp3) is 0.0909. The van der Waals surface area contributed by atoms with E-state index in [-0.39, 0.29) is 5.75 Å². The van der Waals surface area contributed by atoms with Crippen LogP contribution in [0.25, 0.3) is 22.0 Å². The molecule has 0 aliphatic heterocycles. The molecule has 5 aromatic rings. The normalized spacial score (nSPS) is 10.9. The van der Waals surface area contributed by atoms with Gasteiger partial charge in [0.2, 0.25) is 0 Å². The molecule has 0 saturated heterocycles. The van der Waals surface area contributed by atoms with E-state index in [2.05, 4.69) is 21.6 Å². The van der Waals surface area contributed by atoms with Gasteiger partial charge < -0.3 is 14.5 Å². The van der Waals surface area contributed by atoms with Crippen LogP contribution in [0.5, 0.6) is 11.5 Å². The lowest BCUT2D eigenvalue weighted by Crippen LogP contribution is -2.19. The third kappa shape index (κ3) is 5.84. The number of nitriles is 1. The van der Waals surface area contributed by atoms with Crippen LogP contribution in [0.2, 0.25) is 0 Å². The number of ether oxygens (including phenoxy) is 2. The summed E-state index contributed by atoms with van der Waals surface area (Å²) in [6, 6.07) is 29.1. The second-order valence-electron chi connectivity index (χ2n) is 9.17. The number of nitrogens with zero attached hydrogens (tertiary/aromatic N) is 2. The Balaban J connectivity index is 1.38. The van der Waals surface area contributed by atoms with Crippen LogP contribution in [0.4, 0.5) is 0 Å². The van der Waals surface area contributed by atoms with Crippen molar-refractivity contribution in [2.75, 3.05) is 6.61 Å². The molecule has 2 N–H and O–H groups in total. The molecule has 0 aliphatic rings. The fourth-order valence-electron chi connectivity index (χ4n) is 4.41. The lowest BCUT2D eigenvalue weighted by molar-refractivity contribution is 0.0728. The first-order chi connectivity index (χ1) is 20.0. The number of para-hydroxylation sites is 1. The minimum atomic E-state index is -0.494. The average molecular weight is 543 g/mol. The van der Waals surface area contributed by atoms with Crippen molar-refractivity contribution >= 4 is 29.0 Å². The van der Waals surface area contributed by atoms with E-state index in [0.29, 0.717) is 45.8 Å². The molecule has 0 unspecified atom stereocenters. The number of benzene rings is 4. The molecule has 0 aliphatic carbocycles. The second-order valence-corrected chi connectivity index (χ2v) is 9.17. The first kappa shape index (κ1) is 26.9. The van der Waals surface area contributed by atoms with Crippen LogP contribution in [0.1, 0.15) is 44.5 Å². The molecular formula is C33H26N4O4. The molecule has 202 valence electrons. The molecule has 0 fully saturated rings. The third-order valence-electron chi connectivity index (χ3n) is 6.38. The SMILES string of the molecule is CCOc1cc(C=NNC(=O)c2[nH]c3c(C#N)cccc3c2-c2ccccc2)ccc1OC(=O)c1ccc(C)cc1. The summed E-state index contributed by atoms with van der Waals surface area (Å²) in [6.45, 7) is 4.13. The second kappa shape index (κ2) is 12.0. The van der Waals surface area contributed by atoms with Gasteiger partial charge in [0.05, 0.1) is 29.5 Å². The number of amides is 1. The lowest BCUT2D eigenvalue weighted by atomic mass is 10.0. The molecule has 1 aromatic heterocycles. The van der Waals surface area contributed by atoms with Crippen molar-refractivity contribution in [1.82, 2.24) is 10.4 Å². The first-order valence-corrected chi connectivity index (χ1v) is 13.0. The highest BCUT2D eigenvalue weighted by Crippen LogP contribution is 2.34. The summed E-state index contributed by atoms with van der Waals surface area (Å²) in [7, 11) is 0. The van der Waals surface area contributed by atoms with Gasteiger partial charge >= 0.3 is 5.97 Å². The largest absolute Gasteiger partial charge is 0.490 e. The molecule has 0 radical (unpaired) electrons. The van der Waals surface area contributed by atoms with Gasteiger partial charge in [0.1, 0.15) is 11.8 Å². The van der Waals surface area contributed by atoms with Gasteiger partial charge in [-0.15, -0.1) is 0 Å². The summed E-state index contributed by atoms with van der Waals surface area (Å²) in [6.07, 6.45) is 1.47. The van der Waals surface area contributed by atoms with Crippen LogP contribution in [-0.2, 0) is 0 Å². The molecule has 8 heteroatoms. The van der Waals surface area contributed by atoms with Crippen molar-refractivity contribution in [2.45, 2.75) is 13.8 Å². The van der Waals surface area contributed by atoms with E-state index in [9.17, 15) is 14.9 Å². The molecule has 0 bridgehead atoms. The van der Waals surface area contributed by atoms with Crippen LogP contribution in [-0.4, -0.2) is 29.7 Å². The van der Waals surface area contributed by atoms with Gasteiger partial charge in [0.15, 0.2) is 11.5 Å². The monoisotopic (exact) mass is 542 g/mol. The predicted molar refractivity (Wildman–Crippen MR) is 157 cm³/mol. The van der Waals surface area contributed by atoms with Gasteiger partial charge in [0.25, 0.3) is 5.91 Å². The molecule has 0 atom stereocenters. The van der Waals surface area contributed by atoms with Crippen molar-refractivity contribution in [2.24, 2.45) is 5.10 Å². The molecule has 8 nitrogen and oxygen atoms in total. The summed E-state index contributed by atoms with van der Waals surface area (Å²) in [5, 5.41) is 14.5. The van der Waals surface area contributed by atoms with Crippen LogP contribution in [0.3, 0.4) is 0 Å². The predicted octanol–water partition coefficient (Wildman–Crippen LogP) is 6.40. The Morgan fingerprint density at radius 2 is 1.76 bits per heavy atom. The smallest absolute Gasteiger partial charge is 0.343 e. The zero-order valence-corrected chi connectivity index (χ0v) is 22.5. The number of hydrogen-bond acceptors (Lipinski definition) is 6. The molecule has 1 amide bonds. The third-order valence-corrected chi connectivity index (χ3v) is 6.38. The van der Waals surface area contributed by atoms with E-state index in [1.165, 1.54) is 6.21 Å². The maximum absolute atomic E-state index is 13.3. The van der Waals surface area contributed by atoms with Gasteiger partial charge in [0, 0.05) is 10.9 Å². The Morgan fingerprint density at radius 1 is 0.976 bits per heavy atom. The molecule has 0 spiro atoms. The van der Waals surface area contributed by atoms with Crippen LogP contribution >= 0.6 is 0 Å². The molecule has 5 rings (SSSR count). The number of H-pyrrole nitrogens is 1. The standard InChI is InChI=1S/C33H26N4O4/c1-3-40-28-18-22(14-17-27(28)41-33(39)24-15-12-21(2)13-16-24)20-35-37-32(38)31-29(23-8-5-4-6-9-23)26-11-7-10-25(19-34)30(26)36-31/h4-18,20,36H,3H2,1-2H3,(H,37,38). The van der Waals surface area contributed by atoms with Gasteiger partial charge in [-0.3, -0.25) is 4.79 Å². The van der Waals surface area contributed by atoms with Crippen molar-refractivity contribution in [3.8, 4) is 28.7 Å². The van der Waals surface area contributed by atoms with Crippen LogP contribution in [0.15, 0.2) is 96.1 Å². The zero-order chi connectivity index (χ0) is 28.8. The van der Waals surface area contributed by atoms with Crippen molar-refractivity contribution < 1.29 is 19.1 Å². The Labute approximate surface area is 236 Å². The number of aromatic nitrogens is 1. The number of fused-ring (bicyclic) bond motifs is 1. The quantitative estimate of drug-likeness (QED) is 0.102. The minimum Gasteiger partial charge on any atom is -0.490 e. The minimum absolute atomic E-state index is 0.275. The van der Waals surface area contributed by atoms with E-state index < -0.39 is 11.9 Å². The Morgan fingerprint density at radius 3 is 2.49 bits per heavy atom. The number of carbonyl (C=O) groups is 2. The molecule has 0 saturated carbocycles. The number of esters is 1. The summed E-state index contributed by atoms with van der Waals surface area (Å²) < 4.78 is 11.3. The molecular weight excluding hydrogens is 516 g/mol. The number of aromatic amines is 1. The number of carbonyl (C=O) groups excluding carboxylic acids is 2. The number of nitrogens with one attached hydrogen (secondary N) is 2. The van der Waals surface area contributed by atoms with E-state index in [4.69, 9.17) is 9.47 Å². The number of aryl methyl sites for hydroxylation is 1. The summed E-state index contributed by atoms with van der Waals surface area (Å²) in [5.41, 5.74) is 7.49. The Bertz CT molecular complexity index is 1800. The summed E-state index contributed by atoms with van der Waals surface area (Å²) >= 11 is 0. The van der Waals surface area contributed by atoms with E-state index in [0.717, 1.165) is 16.5 Å². The maximum Gasteiger partial charge on any atom is 0.343 e. The molecule has 41 heavy (non-hydrogen) atoms. The van der Waals surface area contributed by atoms with E-state index in [1.807, 2.05) is 62.4 Å². The van der Waals surface area contributed by atoms with Crippen LogP contribution in [0, 0.1) is 18.3 Å². The maximum atomic E-state index is 13.3. The average Bonchev–Trinajstić information content (AvgIpc) is 3.39. The van der Waals surface area contributed by atoms with E-state index >= 15 is 0 Å². The van der Waals surface area contributed by atoms with Gasteiger partial charge in [-0.25, -0.2) is 10.2 Å².